The Labute approximate surface area is 120 Å². The molecule has 1 saturated carbocycles. The minimum Gasteiger partial charge on any atom is -0.342 e. The van der Waals surface area contributed by atoms with Crippen molar-refractivity contribution >= 4 is 11.8 Å². The fourth-order valence-corrected chi connectivity index (χ4v) is 3.54. The van der Waals surface area contributed by atoms with E-state index in [2.05, 4.69) is 5.32 Å². The summed E-state index contributed by atoms with van der Waals surface area (Å²) in [6.07, 6.45) is 6.79. The molecule has 4 nitrogen and oxygen atoms in total. The van der Waals surface area contributed by atoms with E-state index in [0.29, 0.717) is 6.42 Å². The third-order valence-electron chi connectivity index (χ3n) is 4.50. The van der Waals surface area contributed by atoms with Crippen LogP contribution in [0.1, 0.15) is 51.9 Å². The Hall–Kier alpha value is -1.13. The Morgan fingerprint density at radius 2 is 1.95 bits per heavy atom. The van der Waals surface area contributed by atoms with Gasteiger partial charge in [0.2, 0.25) is 11.8 Å². The zero-order valence-electron chi connectivity index (χ0n) is 12.2. The van der Waals surface area contributed by atoms with E-state index in [-0.39, 0.29) is 24.3 Å². The van der Waals surface area contributed by atoms with Gasteiger partial charge in [-0.25, -0.2) is 4.39 Å². The summed E-state index contributed by atoms with van der Waals surface area (Å²) in [5.41, 5.74) is 0. The van der Waals surface area contributed by atoms with Crippen molar-refractivity contribution in [1.82, 2.24) is 10.2 Å². The summed E-state index contributed by atoms with van der Waals surface area (Å²) in [5, 5.41) is 2.85. The summed E-state index contributed by atoms with van der Waals surface area (Å²) in [7, 11) is 0. The van der Waals surface area contributed by atoms with Crippen LogP contribution in [0, 0.1) is 5.92 Å². The van der Waals surface area contributed by atoms with Gasteiger partial charge in [-0.2, -0.15) is 0 Å². The number of amides is 2. The van der Waals surface area contributed by atoms with Gasteiger partial charge in [-0.1, -0.05) is 32.6 Å². The molecule has 1 aliphatic carbocycles. The van der Waals surface area contributed by atoms with Crippen molar-refractivity contribution in [2.24, 2.45) is 5.92 Å². The van der Waals surface area contributed by atoms with Crippen molar-refractivity contribution in [3.63, 3.8) is 0 Å². The number of carbonyl (C=O) groups is 2. The number of nitrogens with zero attached hydrogens (tertiary/aromatic N) is 1. The van der Waals surface area contributed by atoms with E-state index in [0.717, 1.165) is 32.1 Å². The van der Waals surface area contributed by atoms with E-state index in [1.807, 2.05) is 6.92 Å². The average molecular weight is 284 g/mol. The van der Waals surface area contributed by atoms with Crippen LogP contribution in [0.5, 0.6) is 0 Å². The topological polar surface area (TPSA) is 49.4 Å². The van der Waals surface area contributed by atoms with Gasteiger partial charge in [-0.05, 0) is 25.2 Å². The van der Waals surface area contributed by atoms with Crippen LogP contribution in [-0.4, -0.2) is 42.0 Å². The van der Waals surface area contributed by atoms with E-state index < -0.39 is 18.8 Å². The lowest BCUT2D eigenvalue weighted by Gasteiger charge is -2.43. The normalized spacial score (nSPS) is 28.6. The quantitative estimate of drug-likeness (QED) is 0.840. The van der Waals surface area contributed by atoms with Crippen molar-refractivity contribution in [1.29, 1.82) is 0 Å². The Bertz CT molecular complexity index is 356. The van der Waals surface area contributed by atoms with Crippen LogP contribution in [0.25, 0.3) is 0 Å². The summed E-state index contributed by atoms with van der Waals surface area (Å²) < 4.78 is 12.8. The van der Waals surface area contributed by atoms with Gasteiger partial charge in [0.05, 0.1) is 0 Å². The van der Waals surface area contributed by atoms with Crippen molar-refractivity contribution in [3.8, 4) is 0 Å². The molecule has 0 radical (unpaired) electrons. The zero-order valence-corrected chi connectivity index (χ0v) is 12.2. The zero-order chi connectivity index (χ0) is 14.5. The van der Waals surface area contributed by atoms with Crippen molar-refractivity contribution in [2.75, 3.05) is 13.2 Å². The highest BCUT2D eigenvalue weighted by atomic mass is 19.1. The van der Waals surface area contributed by atoms with Crippen molar-refractivity contribution < 1.29 is 14.0 Å². The van der Waals surface area contributed by atoms with Crippen LogP contribution in [0.2, 0.25) is 0 Å². The first kappa shape index (κ1) is 15.3. The number of piperazine rings is 1. The molecule has 2 fully saturated rings. The molecule has 1 aliphatic heterocycles. The van der Waals surface area contributed by atoms with Crippen molar-refractivity contribution in [3.05, 3.63) is 0 Å². The Morgan fingerprint density at radius 3 is 2.55 bits per heavy atom. The van der Waals surface area contributed by atoms with Gasteiger partial charge in [0.1, 0.15) is 18.8 Å². The summed E-state index contributed by atoms with van der Waals surface area (Å²) in [5.74, 6) is 0.0184. The highest BCUT2D eigenvalue weighted by Gasteiger charge is 2.43. The number of hydrogen-bond acceptors (Lipinski definition) is 2. The van der Waals surface area contributed by atoms with Gasteiger partial charge >= 0.3 is 0 Å². The van der Waals surface area contributed by atoms with Crippen LogP contribution < -0.4 is 5.32 Å². The number of rotatable bonds is 5. The molecule has 5 heteroatoms. The first-order chi connectivity index (χ1) is 9.69. The number of halogens is 1. The van der Waals surface area contributed by atoms with Gasteiger partial charge in [-0.15, -0.1) is 0 Å². The maximum atomic E-state index is 12.8. The summed E-state index contributed by atoms with van der Waals surface area (Å²) in [6.45, 7) is 1.45. The third kappa shape index (κ3) is 3.13. The third-order valence-corrected chi connectivity index (χ3v) is 4.50. The molecule has 0 aromatic carbocycles. The molecule has 20 heavy (non-hydrogen) atoms. The number of alkyl halides is 1. The fourth-order valence-electron chi connectivity index (χ4n) is 3.54. The molecule has 0 bridgehead atoms. The van der Waals surface area contributed by atoms with E-state index in [1.54, 1.807) is 0 Å². The van der Waals surface area contributed by atoms with Gasteiger partial charge < -0.3 is 10.2 Å². The van der Waals surface area contributed by atoms with Gasteiger partial charge in [0, 0.05) is 6.54 Å². The molecule has 0 spiro atoms. The van der Waals surface area contributed by atoms with Crippen molar-refractivity contribution in [2.45, 2.75) is 64.0 Å². The van der Waals surface area contributed by atoms with Crippen LogP contribution in [0.3, 0.4) is 0 Å². The minimum absolute atomic E-state index is 0.0492. The first-order valence-corrected chi connectivity index (χ1v) is 7.85. The maximum Gasteiger partial charge on any atom is 0.245 e. The van der Waals surface area contributed by atoms with Crippen LogP contribution in [-0.2, 0) is 9.59 Å². The predicted molar refractivity (Wildman–Crippen MR) is 74.9 cm³/mol. The Morgan fingerprint density at radius 1 is 1.25 bits per heavy atom. The molecule has 2 rings (SSSR count). The molecule has 2 unspecified atom stereocenters. The molecule has 2 aliphatic rings. The second kappa shape index (κ2) is 7.04. The lowest BCUT2D eigenvalue weighted by molar-refractivity contribution is -0.152. The Kier molecular flexibility index (Phi) is 5.38. The molecule has 1 saturated heterocycles. The predicted octanol–water partition coefficient (Wildman–Crippen LogP) is 2.03. The van der Waals surface area contributed by atoms with Crippen LogP contribution >= 0.6 is 0 Å². The summed E-state index contributed by atoms with van der Waals surface area (Å²) in [4.78, 5) is 26.3. The number of hydrogen-bond donors (Lipinski definition) is 1. The lowest BCUT2D eigenvalue weighted by Crippen LogP contribution is -2.65. The van der Waals surface area contributed by atoms with Gasteiger partial charge in [0.15, 0.2) is 0 Å². The van der Waals surface area contributed by atoms with Crippen LogP contribution in [0.15, 0.2) is 0 Å². The first-order valence-electron chi connectivity index (χ1n) is 7.85. The number of nitrogens with one attached hydrogen (secondary N) is 1. The molecule has 114 valence electrons. The van der Waals surface area contributed by atoms with E-state index in [4.69, 9.17) is 0 Å². The van der Waals surface area contributed by atoms with E-state index in [1.165, 1.54) is 11.3 Å². The highest BCUT2D eigenvalue weighted by molar-refractivity contribution is 5.97. The molecule has 2 amide bonds. The average Bonchev–Trinajstić information content (AvgIpc) is 2.45. The molecular formula is C15H25FN2O2. The molecule has 1 heterocycles. The maximum absolute atomic E-state index is 12.8. The second-order valence-electron chi connectivity index (χ2n) is 5.91. The SMILES string of the molecule is CCCC1NC(=O)C(C2CCCCC2)N(CCF)C1=O. The molecule has 0 aromatic heterocycles. The Balaban J connectivity index is 2.15. The highest BCUT2D eigenvalue weighted by Crippen LogP contribution is 2.31. The minimum atomic E-state index is -0.582. The fraction of sp³-hybridized carbons (Fsp3) is 0.867. The van der Waals surface area contributed by atoms with Gasteiger partial charge in [0.25, 0.3) is 0 Å². The molecular weight excluding hydrogens is 259 g/mol. The van der Waals surface area contributed by atoms with E-state index in [9.17, 15) is 14.0 Å². The lowest BCUT2D eigenvalue weighted by atomic mass is 9.81. The summed E-state index contributed by atoms with van der Waals surface area (Å²) in [6, 6.07) is -0.912. The summed E-state index contributed by atoms with van der Waals surface area (Å²) >= 11 is 0. The smallest absolute Gasteiger partial charge is 0.245 e. The monoisotopic (exact) mass is 284 g/mol. The van der Waals surface area contributed by atoms with E-state index >= 15 is 0 Å². The van der Waals surface area contributed by atoms with Gasteiger partial charge in [-0.3, -0.25) is 9.59 Å². The number of carbonyl (C=O) groups excluding carboxylic acids is 2. The largest absolute Gasteiger partial charge is 0.342 e. The molecule has 0 aromatic rings. The standard InChI is InChI=1S/C15H25FN2O2/c1-2-6-12-15(20)18(10-9-16)13(14(19)17-12)11-7-4-3-5-8-11/h11-13H,2-10H2,1H3,(H,17,19). The molecule has 1 N–H and O–H groups in total. The second-order valence-corrected chi connectivity index (χ2v) is 5.91. The molecule has 2 atom stereocenters. The van der Waals surface area contributed by atoms with Crippen LogP contribution in [0.4, 0.5) is 4.39 Å².